The first kappa shape index (κ1) is 12.4. The van der Waals surface area contributed by atoms with E-state index in [2.05, 4.69) is 17.1 Å². The van der Waals surface area contributed by atoms with Gasteiger partial charge in [-0.15, -0.1) is 0 Å². The third kappa shape index (κ3) is 3.46. The molecular formula is C13H13ClN2S. The van der Waals surface area contributed by atoms with Gasteiger partial charge < -0.3 is 5.73 Å². The molecule has 0 saturated carbocycles. The Bertz CT molecular complexity index is 459. The molecule has 2 aromatic rings. The lowest BCUT2D eigenvalue weighted by Gasteiger charge is -2.13. The van der Waals surface area contributed by atoms with Gasteiger partial charge in [-0.1, -0.05) is 53.7 Å². The quantitative estimate of drug-likeness (QED) is 0.859. The number of halogens is 1. The van der Waals surface area contributed by atoms with Crippen molar-refractivity contribution in [3.8, 4) is 0 Å². The van der Waals surface area contributed by atoms with E-state index in [1.165, 1.54) is 5.56 Å². The van der Waals surface area contributed by atoms with Crippen LogP contribution in [0.4, 0.5) is 0 Å². The largest absolute Gasteiger partial charge is 0.329 e. The summed E-state index contributed by atoms with van der Waals surface area (Å²) in [6, 6.07) is 14.0. The number of nitrogens with zero attached hydrogens (tertiary/aromatic N) is 1. The summed E-state index contributed by atoms with van der Waals surface area (Å²) in [6.07, 6.45) is 1.66. The minimum absolute atomic E-state index is 0.227. The third-order valence-electron chi connectivity index (χ3n) is 2.35. The number of hydrogen-bond donors (Lipinski definition) is 1. The predicted octanol–water partition coefficient (Wildman–Crippen LogP) is 3.53. The van der Waals surface area contributed by atoms with Gasteiger partial charge in [0.2, 0.25) is 0 Å². The zero-order valence-electron chi connectivity index (χ0n) is 9.21. The van der Waals surface area contributed by atoms with Gasteiger partial charge in [-0.2, -0.15) is 0 Å². The van der Waals surface area contributed by atoms with Crippen LogP contribution in [0.25, 0.3) is 0 Å². The summed E-state index contributed by atoms with van der Waals surface area (Å²) < 4.78 is 0. The Balaban J connectivity index is 2.13. The summed E-state index contributed by atoms with van der Waals surface area (Å²) in [5.41, 5.74) is 7.03. The van der Waals surface area contributed by atoms with E-state index in [0.29, 0.717) is 11.6 Å². The van der Waals surface area contributed by atoms with Gasteiger partial charge >= 0.3 is 0 Å². The summed E-state index contributed by atoms with van der Waals surface area (Å²) in [4.78, 5) is 4.27. The van der Waals surface area contributed by atoms with Crippen LogP contribution in [0.5, 0.6) is 0 Å². The van der Waals surface area contributed by atoms with E-state index >= 15 is 0 Å². The fourth-order valence-electron chi connectivity index (χ4n) is 1.50. The molecule has 88 valence electrons. The van der Waals surface area contributed by atoms with Crippen LogP contribution in [-0.2, 0) is 0 Å². The molecule has 0 saturated heterocycles. The SMILES string of the molecule is NCC(Sc1ccc(Cl)cn1)c1ccccc1. The van der Waals surface area contributed by atoms with Gasteiger partial charge in [0.1, 0.15) is 0 Å². The molecule has 2 rings (SSSR count). The van der Waals surface area contributed by atoms with Crippen LogP contribution in [0, 0.1) is 0 Å². The van der Waals surface area contributed by atoms with Gasteiger partial charge in [-0.05, 0) is 17.7 Å². The van der Waals surface area contributed by atoms with Gasteiger partial charge in [0.25, 0.3) is 0 Å². The Morgan fingerprint density at radius 1 is 1.18 bits per heavy atom. The maximum absolute atomic E-state index is 5.81. The molecule has 2 nitrogen and oxygen atoms in total. The third-order valence-corrected chi connectivity index (χ3v) is 3.80. The number of thioether (sulfide) groups is 1. The first-order chi connectivity index (χ1) is 8.29. The smallest absolute Gasteiger partial charge is 0.0967 e. The summed E-state index contributed by atoms with van der Waals surface area (Å²) in [5.74, 6) is 0. The monoisotopic (exact) mass is 264 g/mol. The molecule has 0 spiro atoms. The minimum atomic E-state index is 0.227. The average molecular weight is 265 g/mol. The zero-order chi connectivity index (χ0) is 12.1. The van der Waals surface area contributed by atoms with E-state index in [9.17, 15) is 0 Å². The fraction of sp³-hybridized carbons (Fsp3) is 0.154. The molecule has 17 heavy (non-hydrogen) atoms. The van der Waals surface area contributed by atoms with Crippen molar-refractivity contribution < 1.29 is 0 Å². The molecule has 4 heteroatoms. The fourth-order valence-corrected chi connectivity index (χ4v) is 2.55. The molecule has 0 radical (unpaired) electrons. The maximum Gasteiger partial charge on any atom is 0.0967 e. The highest BCUT2D eigenvalue weighted by Gasteiger charge is 2.11. The van der Waals surface area contributed by atoms with Crippen molar-refractivity contribution >= 4 is 23.4 Å². The van der Waals surface area contributed by atoms with Crippen molar-refractivity contribution in [2.75, 3.05) is 6.54 Å². The van der Waals surface area contributed by atoms with Crippen molar-refractivity contribution in [2.24, 2.45) is 5.73 Å². The van der Waals surface area contributed by atoms with E-state index in [-0.39, 0.29) is 5.25 Å². The van der Waals surface area contributed by atoms with Crippen LogP contribution in [0.2, 0.25) is 5.02 Å². The van der Waals surface area contributed by atoms with Crippen molar-refractivity contribution in [3.05, 3.63) is 59.2 Å². The maximum atomic E-state index is 5.81. The predicted molar refractivity (Wildman–Crippen MR) is 73.3 cm³/mol. The van der Waals surface area contributed by atoms with Crippen LogP contribution >= 0.6 is 23.4 Å². The van der Waals surface area contributed by atoms with Crippen LogP contribution in [0.15, 0.2) is 53.7 Å². The lowest BCUT2D eigenvalue weighted by molar-refractivity contribution is 0.935. The molecule has 2 N–H and O–H groups in total. The van der Waals surface area contributed by atoms with E-state index in [1.54, 1.807) is 18.0 Å². The number of nitrogens with two attached hydrogens (primary N) is 1. The van der Waals surface area contributed by atoms with Crippen LogP contribution in [-0.4, -0.2) is 11.5 Å². The molecule has 1 aromatic carbocycles. The molecule has 1 aromatic heterocycles. The highest BCUT2D eigenvalue weighted by Crippen LogP contribution is 2.33. The van der Waals surface area contributed by atoms with Gasteiger partial charge in [-0.3, -0.25) is 0 Å². The van der Waals surface area contributed by atoms with E-state index in [0.717, 1.165) is 5.03 Å². The molecule has 0 aliphatic rings. The first-order valence-corrected chi connectivity index (χ1v) is 6.58. The van der Waals surface area contributed by atoms with Crippen molar-refractivity contribution in [3.63, 3.8) is 0 Å². The van der Waals surface area contributed by atoms with Crippen molar-refractivity contribution in [1.82, 2.24) is 4.98 Å². The van der Waals surface area contributed by atoms with Crippen molar-refractivity contribution in [1.29, 1.82) is 0 Å². The number of hydrogen-bond acceptors (Lipinski definition) is 3. The normalized spacial score (nSPS) is 12.4. The zero-order valence-corrected chi connectivity index (χ0v) is 10.8. The van der Waals surface area contributed by atoms with Gasteiger partial charge in [-0.25, -0.2) is 4.98 Å². The Hall–Kier alpha value is -1.03. The second-order valence-corrected chi connectivity index (χ2v) is 5.23. The van der Waals surface area contributed by atoms with E-state index in [4.69, 9.17) is 17.3 Å². The van der Waals surface area contributed by atoms with Crippen molar-refractivity contribution in [2.45, 2.75) is 10.3 Å². The topological polar surface area (TPSA) is 38.9 Å². The van der Waals surface area contributed by atoms with Gasteiger partial charge in [0, 0.05) is 18.0 Å². The van der Waals surface area contributed by atoms with E-state index < -0.39 is 0 Å². The summed E-state index contributed by atoms with van der Waals surface area (Å²) >= 11 is 7.46. The molecule has 0 aliphatic carbocycles. The Labute approximate surface area is 110 Å². The summed E-state index contributed by atoms with van der Waals surface area (Å²) in [7, 11) is 0. The molecule has 1 heterocycles. The highest BCUT2D eigenvalue weighted by molar-refractivity contribution is 7.99. The molecule has 1 atom stereocenters. The van der Waals surface area contributed by atoms with E-state index in [1.807, 2.05) is 30.3 Å². The van der Waals surface area contributed by atoms with Gasteiger partial charge in [0.05, 0.1) is 10.0 Å². The Morgan fingerprint density at radius 3 is 2.53 bits per heavy atom. The lowest BCUT2D eigenvalue weighted by Crippen LogP contribution is -2.09. The molecule has 0 amide bonds. The second kappa shape index (κ2) is 6.05. The van der Waals surface area contributed by atoms with Crippen LogP contribution < -0.4 is 5.73 Å². The summed E-state index contributed by atoms with van der Waals surface area (Å²) in [6.45, 7) is 0.582. The lowest BCUT2D eigenvalue weighted by atomic mass is 10.1. The molecular weight excluding hydrogens is 252 g/mol. The number of pyridine rings is 1. The minimum Gasteiger partial charge on any atom is -0.329 e. The summed E-state index contributed by atoms with van der Waals surface area (Å²) in [5, 5.41) is 1.82. The van der Waals surface area contributed by atoms with Gasteiger partial charge in [0.15, 0.2) is 0 Å². The van der Waals surface area contributed by atoms with Crippen LogP contribution in [0.1, 0.15) is 10.8 Å². The Morgan fingerprint density at radius 2 is 1.94 bits per heavy atom. The molecule has 0 aliphatic heterocycles. The number of rotatable bonds is 4. The molecule has 0 bridgehead atoms. The Kier molecular flexibility index (Phi) is 4.42. The second-order valence-electron chi connectivity index (χ2n) is 3.57. The molecule has 0 fully saturated rings. The average Bonchev–Trinajstić information content (AvgIpc) is 2.39. The highest BCUT2D eigenvalue weighted by atomic mass is 35.5. The molecule has 1 unspecified atom stereocenters. The number of benzene rings is 1. The standard InChI is InChI=1S/C13H13ClN2S/c14-11-6-7-13(16-9-11)17-12(8-15)10-4-2-1-3-5-10/h1-7,9,12H,8,15H2. The van der Waals surface area contributed by atoms with Crippen LogP contribution in [0.3, 0.4) is 0 Å². The number of aromatic nitrogens is 1. The first-order valence-electron chi connectivity index (χ1n) is 5.33.